The molecule has 4 heterocycles. The second kappa shape index (κ2) is 9.33. The number of aryl methyl sites for hydroxylation is 1. The minimum atomic E-state index is 0.105. The summed E-state index contributed by atoms with van der Waals surface area (Å²) in [5.74, 6) is 1.88. The van der Waals surface area contributed by atoms with E-state index >= 15 is 0 Å². The van der Waals surface area contributed by atoms with Crippen molar-refractivity contribution in [1.82, 2.24) is 25.0 Å². The summed E-state index contributed by atoms with van der Waals surface area (Å²) in [6.07, 6.45) is 6.79. The molecule has 2 aliphatic heterocycles. The summed E-state index contributed by atoms with van der Waals surface area (Å²) in [6.45, 7) is 5.02. The fourth-order valence-electron chi connectivity index (χ4n) is 4.25. The van der Waals surface area contributed by atoms with E-state index < -0.39 is 0 Å². The smallest absolute Gasteiger partial charge is 0.227 e. The van der Waals surface area contributed by atoms with Crippen molar-refractivity contribution in [2.24, 2.45) is 0 Å². The van der Waals surface area contributed by atoms with Crippen LogP contribution in [0.2, 0.25) is 0 Å². The number of hydrogen-bond donors (Lipinski definition) is 0. The van der Waals surface area contributed by atoms with Crippen LogP contribution in [0.15, 0.2) is 47.2 Å². The summed E-state index contributed by atoms with van der Waals surface area (Å²) in [5.41, 5.74) is 2.16. The zero-order valence-electron chi connectivity index (χ0n) is 18.1. The number of nitrogens with zero attached hydrogens (tertiary/aromatic N) is 7. The van der Waals surface area contributed by atoms with Crippen LogP contribution in [0.25, 0.3) is 11.4 Å². The third-order valence-corrected chi connectivity index (χ3v) is 6.08. The predicted molar refractivity (Wildman–Crippen MR) is 120 cm³/mol. The Morgan fingerprint density at radius 2 is 1.62 bits per heavy atom. The second-order valence-electron chi connectivity index (χ2n) is 8.17. The van der Waals surface area contributed by atoms with E-state index in [0.717, 1.165) is 31.7 Å². The van der Waals surface area contributed by atoms with Gasteiger partial charge in [-0.3, -0.25) is 4.79 Å². The molecule has 2 fully saturated rings. The molecule has 0 spiro atoms. The van der Waals surface area contributed by atoms with E-state index in [2.05, 4.69) is 42.0 Å². The van der Waals surface area contributed by atoms with Gasteiger partial charge in [0.15, 0.2) is 0 Å². The number of anilines is 2. The van der Waals surface area contributed by atoms with Gasteiger partial charge in [-0.25, -0.2) is 9.97 Å². The molecule has 0 bridgehead atoms. The number of piperazine rings is 1. The fraction of sp³-hybridized carbons (Fsp3) is 0.435. The molecule has 9 nitrogen and oxygen atoms in total. The fourth-order valence-corrected chi connectivity index (χ4v) is 4.25. The number of rotatable bonds is 6. The molecule has 5 rings (SSSR count). The molecule has 0 aliphatic carbocycles. The summed E-state index contributed by atoms with van der Waals surface area (Å²) >= 11 is 0. The van der Waals surface area contributed by atoms with Crippen molar-refractivity contribution in [1.29, 1.82) is 0 Å². The first-order chi connectivity index (χ1) is 15.8. The molecule has 1 aromatic carbocycles. The standard InChI is InChI=1S/C23H27N7O2/c31-21(29-14-16-30(17-15-29)23-24-10-3-11-25-23)9-8-20-26-22(27-32-20)18-4-6-19(7-5-18)28-12-1-2-13-28/h3-7,10-11H,1-2,8-9,12-17H2. The first-order valence-corrected chi connectivity index (χ1v) is 11.2. The minimum absolute atomic E-state index is 0.105. The Morgan fingerprint density at radius 3 is 2.34 bits per heavy atom. The number of amides is 1. The lowest BCUT2D eigenvalue weighted by molar-refractivity contribution is -0.131. The summed E-state index contributed by atoms with van der Waals surface area (Å²) in [4.78, 5) is 32.1. The Kier molecular flexibility index (Phi) is 5.96. The van der Waals surface area contributed by atoms with Crippen molar-refractivity contribution >= 4 is 17.5 Å². The van der Waals surface area contributed by atoms with Crippen LogP contribution >= 0.6 is 0 Å². The number of benzene rings is 1. The van der Waals surface area contributed by atoms with Crippen molar-refractivity contribution < 1.29 is 9.32 Å². The number of carbonyl (C=O) groups excluding carboxylic acids is 1. The SMILES string of the molecule is O=C(CCc1nc(-c2ccc(N3CCCC3)cc2)no1)N1CCN(c2ncccn2)CC1. The molecule has 0 radical (unpaired) electrons. The highest BCUT2D eigenvalue weighted by molar-refractivity contribution is 5.76. The van der Waals surface area contributed by atoms with Gasteiger partial charge in [0.2, 0.25) is 23.6 Å². The van der Waals surface area contributed by atoms with Crippen LogP contribution in [0.3, 0.4) is 0 Å². The molecular formula is C23H27N7O2. The molecule has 0 N–H and O–H groups in total. The molecule has 166 valence electrons. The maximum atomic E-state index is 12.6. The van der Waals surface area contributed by atoms with E-state index in [-0.39, 0.29) is 5.91 Å². The van der Waals surface area contributed by atoms with Crippen LogP contribution in [0.5, 0.6) is 0 Å². The van der Waals surface area contributed by atoms with Gasteiger partial charge < -0.3 is 19.2 Å². The Hall–Kier alpha value is -3.49. The van der Waals surface area contributed by atoms with Crippen molar-refractivity contribution in [3.05, 3.63) is 48.6 Å². The van der Waals surface area contributed by atoms with E-state index in [1.165, 1.54) is 18.5 Å². The minimum Gasteiger partial charge on any atom is -0.372 e. The van der Waals surface area contributed by atoms with E-state index in [1.54, 1.807) is 18.5 Å². The summed E-state index contributed by atoms with van der Waals surface area (Å²) in [5, 5.41) is 4.10. The topological polar surface area (TPSA) is 91.5 Å². The average Bonchev–Trinajstić information content (AvgIpc) is 3.56. The highest BCUT2D eigenvalue weighted by atomic mass is 16.5. The lowest BCUT2D eigenvalue weighted by atomic mass is 10.2. The highest BCUT2D eigenvalue weighted by Crippen LogP contribution is 2.24. The summed E-state index contributed by atoms with van der Waals surface area (Å²) < 4.78 is 5.39. The van der Waals surface area contributed by atoms with Gasteiger partial charge in [0.25, 0.3) is 0 Å². The molecule has 3 aromatic rings. The van der Waals surface area contributed by atoms with Gasteiger partial charge in [-0.2, -0.15) is 4.98 Å². The molecule has 2 aromatic heterocycles. The van der Waals surface area contributed by atoms with Gasteiger partial charge in [-0.05, 0) is 43.2 Å². The molecule has 32 heavy (non-hydrogen) atoms. The molecule has 2 saturated heterocycles. The highest BCUT2D eigenvalue weighted by Gasteiger charge is 2.23. The van der Waals surface area contributed by atoms with Crippen LogP contribution in [-0.2, 0) is 11.2 Å². The maximum absolute atomic E-state index is 12.6. The van der Waals surface area contributed by atoms with Crippen molar-refractivity contribution in [2.75, 3.05) is 49.1 Å². The molecule has 0 saturated carbocycles. The van der Waals surface area contributed by atoms with Gasteiger partial charge in [-0.15, -0.1) is 0 Å². The Bertz CT molecular complexity index is 1020. The Balaban J connectivity index is 1.11. The number of hydrogen-bond acceptors (Lipinski definition) is 8. The molecular weight excluding hydrogens is 406 g/mol. The quantitative estimate of drug-likeness (QED) is 0.585. The van der Waals surface area contributed by atoms with E-state index in [1.807, 2.05) is 17.0 Å². The van der Waals surface area contributed by atoms with Crippen LogP contribution in [0.1, 0.15) is 25.2 Å². The van der Waals surface area contributed by atoms with Crippen LogP contribution in [0, 0.1) is 0 Å². The number of aromatic nitrogens is 4. The lowest BCUT2D eigenvalue weighted by Crippen LogP contribution is -2.49. The van der Waals surface area contributed by atoms with E-state index in [4.69, 9.17) is 4.52 Å². The van der Waals surface area contributed by atoms with Gasteiger partial charge in [0.1, 0.15) is 0 Å². The van der Waals surface area contributed by atoms with Crippen LogP contribution in [0.4, 0.5) is 11.6 Å². The largest absolute Gasteiger partial charge is 0.372 e. The Morgan fingerprint density at radius 1 is 0.906 bits per heavy atom. The first kappa shape index (κ1) is 20.4. The maximum Gasteiger partial charge on any atom is 0.227 e. The third kappa shape index (κ3) is 4.56. The predicted octanol–water partition coefficient (Wildman–Crippen LogP) is 2.41. The van der Waals surface area contributed by atoms with Crippen LogP contribution in [-0.4, -0.2) is 70.2 Å². The summed E-state index contributed by atoms with van der Waals surface area (Å²) in [7, 11) is 0. The zero-order valence-corrected chi connectivity index (χ0v) is 18.1. The van der Waals surface area contributed by atoms with E-state index in [9.17, 15) is 4.79 Å². The van der Waals surface area contributed by atoms with Crippen LogP contribution < -0.4 is 9.80 Å². The molecule has 1 amide bonds. The second-order valence-corrected chi connectivity index (χ2v) is 8.17. The third-order valence-electron chi connectivity index (χ3n) is 6.08. The molecule has 2 aliphatic rings. The van der Waals surface area contributed by atoms with Crippen molar-refractivity contribution in [2.45, 2.75) is 25.7 Å². The summed E-state index contributed by atoms with van der Waals surface area (Å²) in [6, 6.07) is 10.1. The van der Waals surface area contributed by atoms with Crippen molar-refractivity contribution in [3.63, 3.8) is 0 Å². The Labute approximate surface area is 187 Å². The van der Waals surface area contributed by atoms with Gasteiger partial charge in [0, 0.05) is 75.8 Å². The lowest BCUT2D eigenvalue weighted by Gasteiger charge is -2.34. The normalized spacial score (nSPS) is 16.6. The zero-order chi connectivity index (χ0) is 21.8. The van der Waals surface area contributed by atoms with Crippen molar-refractivity contribution in [3.8, 4) is 11.4 Å². The monoisotopic (exact) mass is 433 g/mol. The van der Waals surface area contributed by atoms with Gasteiger partial charge >= 0.3 is 0 Å². The average molecular weight is 434 g/mol. The molecule has 9 heteroatoms. The molecule has 0 unspecified atom stereocenters. The van der Waals surface area contributed by atoms with Gasteiger partial charge in [0.05, 0.1) is 0 Å². The van der Waals surface area contributed by atoms with E-state index in [0.29, 0.717) is 43.6 Å². The number of carbonyl (C=O) groups is 1. The molecule has 0 atom stereocenters. The van der Waals surface area contributed by atoms with Gasteiger partial charge in [-0.1, -0.05) is 5.16 Å². The first-order valence-electron chi connectivity index (χ1n) is 11.2.